The minimum Gasteiger partial charge on any atom is -0.490 e. The van der Waals surface area contributed by atoms with Crippen LogP contribution in [0, 0.1) is 16.0 Å². The Bertz CT molecular complexity index is 2680. The number of ether oxygens (including phenoxy) is 4. The summed E-state index contributed by atoms with van der Waals surface area (Å²) in [6.07, 6.45) is 10.3. The van der Waals surface area contributed by atoms with Crippen molar-refractivity contribution < 1.29 is 73.1 Å². The third-order valence-corrected chi connectivity index (χ3v) is 15.8. The van der Waals surface area contributed by atoms with Crippen LogP contribution < -0.4 is 46.5 Å². The molecule has 0 radical (unpaired) electrons. The molecule has 6 rings (SSSR count). The molecule has 482 valence electrons. The first-order valence-electron chi connectivity index (χ1n) is 31.3. The molecule has 1 saturated heterocycles. The molecule has 23 heteroatoms. The van der Waals surface area contributed by atoms with Crippen LogP contribution in [0.3, 0.4) is 0 Å². The van der Waals surface area contributed by atoms with Gasteiger partial charge in [-0.05, 0) is 60.1 Å². The van der Waals surface area contributed by atoms with E-state index in [9.17, 15) is 54.5 Å². The summed E-state index contributed by atoms with van der Waals surface area (Å²) >= 11 is 0. The third-order valence-electron chi connectivity index (χ3n) is 15.8. The summed E-state index contributed by atoms with van der Waals surface area (Å²) in [4.78, 5) is 97.4. The normalized spacial score (nSPS) is 21.2. The lowest BCUT2D eigenvalue weighted by molar-refractivity contribution is -0.385. The van der Waals surface area contributed by atoms with Crippen molar-refractivity contribution >= 4 is 41.2 Å². The Morgan fingerprint density at radius 3 is 1.93 bits per heavy atom. The maximum atomic E-state index is 15.3. The highest BCUT2D eigenvalue weighted by atomic mass is 16.7. The predicted octanol–water partition coefficient (Wildman–Crippen LogP) is 7.41. The largest absolute Gasteiger partial charge is 0.490 e. The van der Waals surface area contributed by atoms with Gasteiger partial charge < -0.3 is 71.7 Å². The van der Waals surface area contributed by atoms with Gasteiger partial charge in [0, 0.05) is 31.7 Å². The number of nitro groups is 1. The zero-order valence-electron chi connectivity index (χ0n) is 51.3. The first-order chi connectivity index (χ1) is 41.8. The highest BCUT2D eigenvalue weighted by Crippen LogP contribution is 2.46. The number of aliphatic hydroxyl groups excluding tert-OH is 3. The lowest BCUT2D eigenvalue weighted by atomic mass is 9.95. The SMILES string of the molecule is CCCCCCCCCCCC(=O)N[C@H]1[C@H](Oc2cc3cc(c2OC)Oc2ccc(cc2[N+](=O)[O-])C[C@H](NC(=O)[C@H](N)CC(C)C)C(=O)N[C@H](Cc2ccccc2)C(=O)N[C@H]3[C@@H](NC(=O)CCCCCCCCCCC)C(=O)O)O[C@H](CO)[C@@H](O)[C@@H]1O. The maximum Gasteiger partial charge on any atom is 0.328 e. The molecule has 5 amide bonds. The number of carboxylic acids is 1. The summed E-state index contributed by atoms with van der Waals surface area (Å²) in [6, 6.07) is 5.35. The van der Waals surface area contributed by atoms with Crippen LogP contribution in [-0.2, 0) is 46.3 Å². The van der Waals surface area contributed by atoms with Gasteiger partial charge in [-0.2, -0.15) is 0 Å². The number of carbonyl (C=O) groups is 6. The average Bonchev–Trinajstić information content (AvgIpc) is 1.56. The van der Waals surface area contributed by atoms with E-state index in [4.69, 9.17) is 24.7 Å². The first kappa shape index (κ1) is 70.8. The van der Waals surface area contributed by atoms with E-state index in [0.29, 0.717) is 24.8 Å². The number of carboxylic acid groups (broad SMARTS) is 1. The molecular formula is C64H95N7O16. The van der Waals surface area contributed by atoms with Gasteiger partial charge in [0.2, 0.25) is 47.3 Å². The van der Waals surface area contributed by atoms with E-state index in [0.717, 1.165) is 89.5 Å². The molecule has 3 aliphatic rings. The van der Waals surface area contributed by atoms with Gasteiger partial charge in [0.25, 0.3) is 0 Å². The molecule has 3 heterocycles. The highest BCUT2D eigenvalue weighted by molar-refractivity contribution is 5.94. The van der Waals surface area contributed by atoms with E-state index in [1.54, 1.807) is 30.3 Å². The number of fused-ring (bicyclic) bond motifs is 9. The Morgan fingerprint density at radius 2 is 1.37 bits per heavy atom. The molecule has 23 nitrogen and oxygen atoms in total. The number of rotatable bonds is 35. The van der Waals surface area contributed by atoms with Crippen molar-refractivity contribution in [2.75, 3.05) is 13.7 Å². The lowest BCUT2D eigenvalue weighted by Gasteiger charge is -2.42. The summed E-state index contributed by atoms with van der Waals surface area (Å²) in [5, 5.41) is 70.9. The smallest absolute Gasteiger partial charge is 0.328 e. The Morgan fingerprint density at radius 1 is 0.770 bits per heavy atom. The molecule has 0 saturated carbocycles. The number of carbonyl (C=O) groups excluding carboxylic acids is 5. The second-order valence-corrected chi connectivity index (χ2v) is 23.4. The summed E-state index contributed by atoms with van der Waals surface area (Å²) < 4.78 is 24.8. The van der Waals surface area contributed by atoms with E-state index in [1.165, 1.54) is 44.2 Å². The molecule has 1 fully saturated rings. The van der Waals surface area contributed by atoms with E-state index in [2.05, 4.69) is 40.4 Å². The number of nitrogens with zero attached hydrogens (tertiary/aromatic N) is 1. The number of hydrogen-bond acceptors (Lipinski definition) is 16. The molecule has 0 unspecified atom stereocenters. The summed E-state index contributed by atoms with van der Waals surface area (Å²) in [7, 11) is 1.20. The summed E-state index contributed by atoms with van der Waals surface area (Å²) in [5.74, 6) is -6.89. The molecule has 0 spiro atoms. The topological polar surface area (TPSA) is 350 Å². The van der Waals surface area contributed by atoms with E-state index < -0.39 is 119 Å². The molecule has 4 bridgehead atoms. The van der Waals surface area contributed by atoms with Crippen molar-refractivity contribution in [3.8, 4) is 23.0 Å². The first-order valence-corrected chi connectivity index (χ1v) is 31.3. The molecule has 11 N–H and O–H groups in total. The van der Waals surface area contributed by atoms with Gasteiger partial charge in [0.05, 0.1) is 30.7 Å². The van der Waals surface area contributed by atoms with Crippen LogP contribution in [-0.4, -0.2) is 129 Å². The van der Waals surface area contributed by atoms with Crippen LogP contribution in [0.1, 0.15) is 185 Å². The maximum absolute atomic E-state index is 15.3. The van der Waals surface area contributed by atoms with Crippen LogP contribution in [0.15, 0.2) is 60.7 Å². The van der Waals surface area contributed by atoms with E-state index >= 15 is 4.79 Å². The van der Waals surface area contributed by atoms with Gasteiger partial charge in [-0.3, -0.25) is 34.1 Å². The van der Waals surface area contributed by atoms with Crippen molar-refractivity contribution in [1.82, 2.24) is 26.6 Å². The predicted molar refractivity (Wildman–Crippen MR) is 326 cm³/mol. The fourth-order valence-electron chi connectivity index (χ4n) is 10.9. The number of aliphatic hydroxyl groups is 3. The van der Waals surface area contributed by atoms with Crippen LogP contribution in [0.2, 0.25) is 0 Å². The average molecular weight is 1220 g/mol. The Labute approximate surface area is 511 Å². The Kier molecular flexibility index (Phi) is 30.2. The zero-order chi connectivity index (χ0) is 63.4. The fourth-order valence-corrected chi connectivity index (χ4v) is 10.9. The minimum absolute atomic E-state index is 0.0152. The van der Waals surface area contributed by atoms with Gasteiger partial charge in [-0.15, -0.1) is 0 Å². The van der Waals surface area contributed by atoms with Gasteiger partial charge in [-0.25, -0.2) is 4.79 Å². The highest BCUT2D eigenvalue weighted by Gasteiger charge is 2.47. The molecular weight excluding hydrogens is 1120 g/mol. The van der Waals surface area contributed by atoms with Crippen molar-refractivity contribution in [2.24, 2.45) is 11.7 Å². The van der Waals surface area contributed by atoms with Crippen LogP contribution >= 0.6 is 0 Å². The van der Waals surface area contributed by atoms with Crippen molar-refractivity contribution in [3.05, 3.63) is 87.5 Å². The van der Waals surface area contributed by atoms with Crippen molar-refractivity contribution in [2.45, 2.75) is 236 Å². The third kappa shape index (κ3) is 22.6. The van der Waals surface area contributed by atoms with E-state index in [-0.39, 0.29) is 66.4 Å². The number of unbranched alkanes of at least 4 members (excludes halogenated alkanes) is 16. The number of amides is 5. The molecule has 3 aromatic rings. The fraction of sp³-hybridized carbons (Fsp3) is 0.625. The summed E-state index contributed by atoms with van der Waals surface area (Å²) in [6.45, 7) is 7.20. The van der Waals surface area contributed by atoms with Gasteiger partial charge in [0.1, 0.15) is 36.4 Å². The molecule has 0 aromatic heterocycles. The molecule has 87 heavy (non-hydrogen) atoms. The molecule has 10 atom stereocenters. The number of hydrogen-bond donors (Lipinski definition) is 10. The van der Waals surface area contributed by atoms with Crippen LogP contribution in [0.5, 0.6) is 23.0 Å². The van der Waals surface area contributed by atoms with Gasteiger partial charge in [-0.1, -0.05) is 167 Å². The van der Waals surface area contributed by atoms with Crippen LogP contribution in [0.4, 0.5) is 5.69 Å². The summed E-state index contributed by atoms with van der Waals surface area (Å²) in [5.41, 5.74) is 6.18. The number of aliphatic carboxylic acids is 1. The Balaban J connectivity index is 1.66. The van der Waals surface area contributed by atoms with E-state index in [1.807, 2.05) is 13.8 Å². The second-order valence-electron chi connectivity index (χ2n) is 23.4. The second kappa shape index (κ2) is 37.0. The zero-order valence-corrected chi connectivity index (χ0v) is 51.3. The monoisotopic (exact) mass is 1220 g/mol. The number of nitrogens with one attached hydrogen (secondary N) is 5. The molecule has 0 aliphatic carbocycles. The van der Waals surface area contributed by atoms with Gasteiger partial charge >= 0.3 is 11.7 Å². The lowest BCUT2D eigenvalue weighted by Crippen LogP contribution is -2.65. The van der Waals surface area contributed by atoms with Crippen molar-refractivity contribution in [1.29, 1.82) is 0 Å². The van der Waals surface area contributed by atoms with Gasteiger partial charge in [0.15, 0.2) is 17.5 Å². The number of benzene rings is 3. The minimum atomic E-state index is -2.00. The molecule has 3 aromatic carbocycles. The van der Waals surface area contributed by atoms with Crippen molar-refractivity contribution in [3.63, 3.8) is 0 Å². The molecule has 3 aliphatic heterocycles. The Hall–Kier alpha value is -6.92. The standard InChI is InChI=1S/C64H95N7O16/c1-6-8-10-12-14-16-18-20-25-29-52(73)68-55(63(80)81)54-43-37-49(59(84-5)50(38-43)86-64-56(58(76)57(75)51(39-72)87-64)69-53(74)30-26-21-19-17-15-13-11-9-7-2)85-48-32-31-42(36-47(48)71(82)83)35-46(66-60(77)44(65)33-40(3)4)61(78)67-45(62(79)70-54)34-41-27-23-22-24-28-41/h22-24,27-28,31-32,36-38,40,44-46,51,54-58,64,72,75-76H,6-21,25-26,29-30,33-35,39,65H2,1-5H3,(H,66,77)(H,67,78)(H,68,73)(H,69,74)(H,70,79)(H,80,81)/t44-,45-,46+,51-,54-,55-,56-,57-,58-,64-/m1/s1. The number of methoxy groups -OCH3 is 1. The van der Waals surface area contributed by atoms with Crippen LogP contribution in [0.25, 0.3) is 0 Å². The number of nitro benzene ring substituents is 1. The number of nitrogens with two attached hydrogens (primary N) is 1. The quantitative estimate of drug-likeness (QED) is 0.0156.